The van der Waals surface area contributed by atoms with E-state index in [-0.39, 0.29) is 17.1 Å². The van der Waals surface area contributed by atoms with Gasteiger partial charge in [-0.25, -0.2) is 0 Å². The molecule has 0 saturated carbocycles. The van der Waals surface area contributed by atoms with E-state index in [0.29, 0.717) is 22.0 Å². The highest BCUT2D eigenvalue weighted by molar-refractivity contribution is 7.97. The van der Waals surface area contributed by atoms with Crippen molar-refractivity contribution in [2.75, 3.05) is 24.7 Å². The van der Waals surface area contributed by atoms with E-state index >= 15 is 0 Å². The fraction of sp³-hybridized carbons (Fsp3) is 0.273. The molecule has 0 spiro atoms. The quantitative estimate of drug-likeness (QED) is 0.263. The van der Waals surface area contributed by atoms with Crippen LogP contribution in [0.3, 0.4) is 0 Å². The number of rotatable bonds is 8. The molecule has 0 aliphatic carbocycles. The van der Waals surface area contributed by atoms with Crippen molar-refractivity contribution in [1.29, 1.82) is 0 Å². The van der Waals surface area contributed by atoms with Crippen molar-refractivity contribution in [1.82, 2.24) is 4.31 Å². The normalized spacial score (nSPS) is 13.4. The average Bonchev–Trinajstić information content (AvgIpc) is 2.74. The van der Waals surface area contributed by atoms with Crippen molar-refractivity contribution < 1.29 is 5.11 Å². The van der Waals surface area contributed by atoms with Crippen molar-refractivity contribution in [2.45, 2.75) is 30.7 Å². The van der Waals surface area contributed by atoms with Crippen LogP contribution in [0, 0.1) is 0 Å². The van der Waals surface area contributed by atoms with Gasteiger partial charge in [-0.15, -0.1) is 0 Å². The molecular weight excluding hydrogens is 422 g/mol. The first-order valence-electron chi connectivity index (χ1n) is 9.48. The number of phenols is 1. The molecule has 1 unspecified atom stereocenters. The summed E-state index contributed by atoms with van der Waals surface area (Å²) >= 11 is 7.46. The Balaban J connectivity index is 1.95. The van der Waals surface area contributed by atoms with Gasteiger partial charge in [-0.3, -0.25) is 13.9 Å². The lowest BCUT2D eigenvalue weighted by molar-refractivity contribution is 0.464. The number of phenolic OH excluding ortho intramolecular Hbond substituents is 1. The maximum Gasteiger partial charge on any atom is 0.253 e. The maximum atomic E-state index is 12.3. The highest BCUT2D eigenvalue weighted by Crippen LogP contribution is 2.42. The van der Waals surface area contributed by atoms with Crippen molar-refractivity contribution in [3.63, 3.8) is 0 Å². The van der Waals surface area contributed by atoms with Gasteiger partial charge in [0.15, 0.2) is 5.75 Å². The van der Waals surface area contributed by atoms with Gasteiger partial charge in [0.05, 0.1) is 21.1 Å². The summed E-state index contributed by atoms with van der Waals surface area (Å²) in [5.74, 6) is -0.0819. The number of anilines is 3. The van der Waals surface area contributed by atoms with Crippen molar-refractivity contribution in [3.8, 4) is 5.75 Å². The van der Waals surface area contributed by atoms with Crippen molar-refractivity contribution in [2.24, 2.45) is 0 Å². The van der Waals surface area contributed by atoms with Crippen LogP contribution in [-0.2, 0) is 5.54 Å². The molecule has 0 fully saturated rings. The zero-order valence-corrected chi connectivity index (χ0v) is 18.8. The minimum Gasteiger partial charge on any atom is -0.505 e. The Morgan fingerprint density at radius 2 is 1.70 bits per heavy atom. The summed E-state index contributed by atoms with van der Waals surface area (Å²) in [6.45, 7) is 3.99. The second-order valence-corrected chi connectivity index (χ2v) is 9.11. The zero-order valence-electron chi connectivity index (χ0n) is 17.2. The van der Waals surface area contributed by atoms with Crippen LogP contribution in [0.1, 0.15) is 25.8 Å². The van der Waals surface area contributed by atoms with E-state index in [1.807, 2.05) is 58.3 Å². The van der Waals surface area contributed by atoms with Gasteiger partial charge in [0.25, 0.3) is 10.9 Å². The number of halogens is 1. The number of aromatic hydroxyl groups is 1. The standard InChI is InChI=1S/C22H24ClN3O3S/c1-5-22(2,13-9-7-6-8-10-13)25-17-16(19(28)20(17)29)24-15-12-11-14(23)21(18(15)27)30-26(3)4/h6-12,24-25,27H,5H2,1-4H3. The molecule has 0 aliphatic rings. The molecule has 1 atom stereocenters. The first kappa shape index (κ1) is 22.2. The zero-order chi connectivity index (χ0) is 22.1. The lowest BCUT2D eigenvalue weighted by Gasteiger charge is -2.32. The molecule has 3 aromatic carbocycles. The van der Waals surface area contributed by atoms with E-state index in [1.165, 1.54) is 11.9 Å². The molecule has 6 nitrogen and oxygen atoms in total. The Kier molecular flexibility index (Phi) is 6.45. The summed E-state index contributed by atoms with van der Waals surface area (Å²) in [7, 11) is 3.66. The van der Waals surface area contributed by atoms with Crippen LogP contribution >= 0.6 is 23.5 Å². The summed E-state index contributed by atoms with van der Waals surface area (Å²) in [4.78, 5) is 25.1. The highest BCUT2D eigenvalue weighted by Gasteiger charge is 2.31. The van der Waals surface area contributed by atoms with E-state index in [2.05, 4.69) is 10.6 Å². The molecule has 30 heavy (non-hydrogen) atoms. The predicted molar refractivity (Wildman–Crippen MR) is 125 cm³/mol. The molecule has 3 N–H and O–H groups in total. The maximum absolute atomic E-state index is 12.3. The molecule has 0 radical (unpaired) electrons. The molecule has 0 aliphatic heterocycles. The van der Waals surface area contributed by atoms with E-state index in [0.717, 1.165) is 5.56 Å². The van der Waals surface area contributed by atoms with Gasteiger partial charge in [0.1, 0.15) is 11.4 Å². The lowest BCUT2D eigenvalue weighted by atomic mass is 9.88. The molecule has 8 heteroatoms. The topological polar surface area (TPSA) is 81.7 Å². The third-order valence-corrected chi connectivity index (χ3v) is 6.43. The monoisotopic (exact) mass is 445 g/mol. The fourth-order valence-corrected chi connectivity index (χ4v) is 4.10. The van der Waals surface area contributed by atoms with Crippen LogP contribution in [0.25, 0.3) is 0 Å². The lowest BCUT2D eigenvalue weighted by Crippen LogP contribution is -2.42. The SMILES string of the molecule is CCC(C)(Nc1c(Nc2ccc(Cl)c(SN(C)C)c2O)c(=O)c1=O)c1ccccc1. The van der Waals surface area contributed by atoms with Crippen LogP contribution in [0.4, 0.5) is 17.1 Å². The van der Waals surface area contributed by atoms with E-state index in [4.69, 9.17) is 11.6 Å². The molecule has 3 rings (SSSR count). The van der Waals surface area contributed by atoms with E-state index in [9.17, 15) is 14.7 Å². The number of nitrogens with one attached hydrogen (secondary N) is 2. The Bertz CT molecular complexity index is 1130. The molecule has 158 valence electrons. The highest BCUT2D eigenvalue weighted by atomic mass is 35.5. The number of benzene rings is 2. The summed E-state index contributed by atoms with van der Waals surface area (Å²) in [6, 6.07) is 13.0. The second-order valence-electron chi connectivity index (χ2n) is 7.39. The first-order chi connectivity index (χ1) is 14.2. The van der Waals surface area contributed by atoms with Crippen LogP contribution in [0.15, 0.2) is 56.9 Å². The van der Waals surface area contributed by atoms with Crippen LogP contribution in [0.5, 0.6) is 5.75 Å². The Morgan fingerprint density at radius 1 is 1.07 bits per heavy atom. The minimum atomic E-state index is -0.625. The molecule has 0 amide bonds. The summed E-state index contributed by atoms with van der Waals surface area (Å²) < 4.78 is 1.79. The molecular formula is C22H24ClN3O3S. The van der Waals surface area contributed by atoms with Gasteiger partial charge in [0, 0.05) is 0 Å². The van der Waals surface area contributed by atoms with Crippen LogP contribution in [-0.4, -0.2) is 23.5 Å². The van der Waals surface area contributed by atoms with E-state index < -0.39 is 16.4 Å². The van der Waals surface area contributed by atoms with Gasteiger partial charge in [-0.2, -0.15) is 0 Å². The number of nitrogens with zero attached hydrogens (tertiary/aromatic N) is 1. The van der Waals surface area contributed by atoms with Crippen molar-refractivity contribution >= 4 is 40.6 Å². The Morgan fingerprint density at radius 3 is 2.30 bits per heavy atom. The van der Waals surface area contributed by atoms with E-state index in [1.54, 1.807) is 16.4 Å². The molecule has 0 saturated heterocycles. The molecule has 0 aromatic heterocycles. The van der Waals surface area contributed by atoms with Gasteiger partial charge in [-0.05, 0) is 57.1 Å². The van der Waals surface area contributed by atoms with Crippen molar-refractivity contribution in [3.05, 3.63) is 73.5 Å². The van der Waals surface area contributed by atoms with Crippen LogP contribution < -0.4 is 21.5 Å². The number of hydrogen-bond acceptors (Lipinski definition) is 7. The summed E-state index contributed by atoms with van der Waals surface area (Å²) in [5, 5.41) is 17.2. The Hall–Kier alpha value is -2.48. The predicted octanol–water partition coefficient (Wildman–Crippen LogP) is 4.69. The second kappa shape index (κ2) is 8.71. The first-order valence-corrected chi connectivity index (χ1v) is 10.6. The van der Waals surface area contributed by atoms with Crippen LogP contribution in [0.2, 0.25) is 5.02 Å². The third-order valence-electron chi connectivity index (χ3n) is 5.05. The third kappa shape index (κ3) is 4.19. The van der Waals surface area contributed by atoms with Gasteiger partial charge < -0.3 is 15.7 Å². The smallest absolute Gasteiger partial charge is 0.253 e. The van der Waals surface area contributed by atoms with Gasteiger partial charge in [0.2, 0.25) is 0 Å². The number of hydrogen-bond donors (Lipinski definition) is 3. The molecule has 0 bridgehead atoms. The molecule has 3 aromatic rings. The minimum absolute atomic E-state index is 0.0819. The summed E-state index contributed by atoms with van der Waals surface area (Å²) in [5.41, 5.74) is -0.0845. The molecule has 0 heterocycles. The summed E-state index contributed by atoms with van der Waals surface area (Å²) in [6.07, 6.45) is 0.699. The average molecular weight is 446 g/mol. The van der Waals surface area contributed by atoms with Gasteiger partial charge >= 0.3 is 0 Å². The van der Waals surface area contributed by atoms with Gasteiger partial charge in [-0.1, -0.05) is 48.9 Å². The largest absolute Gasteiger partial charge is 0.505 e. The Labute approximate surface area is 184 Å². The fourth-order valence-electron chi connectivity index (χ4n) is 3.13.